The third-order valence-electron chi connectivity index (χ3n) is 3.30. The first-order chi connectivity index (χ1) is 9.47. The summed E-state index contributed by atoms with van der Waals surface area (Å²) in [5.41, 5.74) is 2.30. The second-order valence-electron chi connectivity index (χ2n) is 4.83. The van der Waals surface area contributed by atoms with Crippen molar-refractivity contribution in [3.8, 4) is 0 Å². The van der Waals surface area contributed by atoms with Gasteiger partial charge in [-0.25, -0.2) is 0 Å². The monoisotopic (exact) mass is 371 g/mol. The first kappa shape index (κ1) is 15.8. The molecule has 0 saturated carbocycles. The number of rotatable bonds is 4. The SMILES string of the molecule is CC(N[C@H](C)c1ccc(Cl)cc1)c1ccc(Br)cc1Cl. The van der Waals surface area contributed by atoms with Crippen LogP contribution in [0.5, 0.6) is 0 Å². The highest BCUT2D eigenvalue weighted by Gasteiger charge is 2.13. The number of halogens is 3. The first-order valence-electron chi connectivity index (χ1n) is 6.44. The minimum absolute atomic E-state index is 0.168. The Morgan fingerprint density at radius 3 is 2.20 bits per heavy atom. The normalized spacial score (nSPS) is 14.1. The van der Waals surface area contributed by atoms with Gasteiger partial charge in [-0.3, -0.25) is 0 Å². The van der Waals surface area contributed by atoms with Crippen LogP contribution in [0.3, 0.4) is 0 Å². The van der Waals surface area contributed by atoms with Crippen molar-refractivity contribution in [2.24, 2.45) is 0 Å². The van der Waals surface area contributed by atoms with Gasteiger partial charge in [0.1, 0.15) is 0 Å². The van der Waals surface area contributed by atoms with Crippen LogP contribution in [0.15, 0.2) is 46.9 Å². The molecule has 0 radical (unpaired) electrons. The number of hydrogen-bond acceptors (Lipinski definition) is 1. The van der Waals surface area contributed by atoms with Gasteiger partial charge in [-0.1, -0.05) is 57.3 Å². The van der Waals surface area contributed by atoms with Crippen LogP contribution >= 0.6 is 39.1 Å². The standard InChI is InChI=1S/C16H16BrCl2N/c1-10(12-3-6-14(18)7-4-12)20-11(2)15-8-5-13(17)9-16(15)19/h3-11,20H,1-2H3/t10-,11?/m1/s1. The number of benzene rings is 2. The molecule has 0 aliphatic heterocycles. The minimum atomic E-state index is 0.168. The second kappa shape index (κ2) is 6.95. The second-order valence-corrected chi connectivity index (χ2v) is 6.59. The molecule has 0 heterocycles. The van der Waals surface area contributed by atoms with Gasteiger partial charge < -0.3 is 5.32 Å². The Labute approximate surface area is 138 Å². The fraction of sp³-hybridized carbons (Fsp3) is 0.250. The van der Waals surface area contributed by atoms with Gasteiger partial charge in [0.2, 0.25) is 0 Å². The minimum Gasteiger partial charge on any atom is -0.304 e. The van der Waals surface area contributed by atoms with E-state index in [0.717, 1.165) is 20.1 Å². The van der Waals surface area contributed by atoms with Crippen LogP contribution in [0, 0.1) is 0 Å². The molecule has 0 bridgehead atoms. The summed E-state index contributed by atoms with van der Waals surface area (Å²) in [5, 5.41) is 5.07. The number of nitrogens with one attached hydrogen (secondary N) is 1. The molecule has 106 valence electrons. The Morgan fingerprint density at radius 2 is 1.60 bits per heavy atom. The van der Waals surface area contributed by atoms with Crippen molar-refractivity contribution >= 4 is 39.1 Å². The van der Waals surface area contributed by atoms with Crippen molar-refractivity contribution in [1.29, 1.82) is 0 Å². The molecule has 2 aromatic rings. The summed E-state index contributed by atoms with van der Waals surface area (Å²) in [4.78, 5) is 0. The van der Waals surface area contributed by atoms with Gasteiger partial charge in [0.05, 0.1) is 0 Å². The van der Waals surface area contributed by atoms with E-state index < -0.39 is 0 Å². The molecule has 0 aliphatic carbocycles. The molecule has 1 N–H and O–H groups in total. The van der Waals surface area contributed by atoms with Gasteiger partial charge in [-0.15, -0.1) is 0 Å². The molecule has 1 nitrogen and oxygen atoms in total. The Balaban J connectivity index is 2.10. The smallest absolute Gasteiger partial charge is 0.0464 e. The van der Waals surface area contributed by atoms with E-state index in [0.29, 0.717) is 0 Å². The van der Waals surface area contributed by atoms with Crippen LogP contribution in [-0.4, -0.2) is 0 Å². The molecule has 0 aliphatic rings. The quantitative estimate of drug-likeness (QED) is 0.676. The lowest BCUT2D eigenvalue weighted by molar-refractivity contribution is 0.495. The number of hydrogen-bond donors (Lipinski definition) is 1. The van der Waals surface area contributed by atoms with Crippen molar-refractivity contribution in [2.75, 3.05) is 0 Å². The lowest BCUT2D eigenvalue weighted by Crippen LogP contribution is -2.22. The van der Waals surface area contributed by atoms with Crippen LogP contribution in [0.4, 0.5) is 0 Å². The van der Waals surface area contributed by atoms with Crippen molar-refractivity contribution in [3.63, 3.8) is 0 Å². The molecule has 2 atom stereocenters. The fourth-order valence-electron chi connectivity index (χ4n) is 2.17. The Morgan fingerprint density at radius 1 is 0.950 bits per heavy atom. The molecule has 20 heavy (non-hydrogen) atoms. The third kappa shape index (κ3) is 3.98. The molecule has 2 rings (SSSR count). The first-order valence-corrected chi connectivity index (χ1v) is 7.98. The molecule has 2 aromatic carbocycles. The van der Waals surface area contributed by atoms with Gasteiger partial charge in [-0.05, 0) is 49.2 Å². The fourth-order valence-corrected chi connectivity index (χ4v) is 3.13. The van der Waals surface area contributed by atoms with Gasteiger partial charge in [-0.2, -0.15) is 0 Å². The highest BCUT2D eigenvalue weighted by molar-refractivity contribution is 9.10. The average Bonchev–Trinajstić information content (AvgIpc) is 2.39. The van der Waals surface area contributed by atoms with Crippen LogP contribution in [0.1, 0.15) is 37.1 Å². The Kier molecular flexibility index (Phi) is 5.50. The van der Waals surface area contributed by atoms with E-state index in [1.807, 2.05) is 42.5 Å². The van der Waals surface area contributed by atoms with Gasteiger partial charge in [0.15, 0.2) is 0 Å². The van der Waals surface area contributed by atoms with Crippen molar-refractivity contribution in [1.82, 2.24) is 5.32 Å². The zero-order chi connectivity index (χ0) is 14.7. The molecular formula is C16H16BrCl2N. The molecule has 0 fully saturated rings. The zero-order valence-corrected chi connectivity index (χ0v) is 14.4. The Hall–Kier alpha value is -0.540. The van der Waals surface area contributed by atoms with E-state index >= 15 is 0 Å². The van der Waals surface area contributed by atoms with E-state index in [1.54, 1.807) is 0 Å². The van der Waals surface area contributed by atoms with Gasteiger partial charge >= 0.3 is 0 Å². The van der Waals surface area contributed by atoms with Crippen LogP contribution in [-0.2, 0) is 0 Å². The summed E-state index contributed by atoms with van der Waals surface area (Å²) in [6.45, 7) is 4.24. The highest BCUT2D eigenvalue weighted by atomic mass is 79.9. The maximum Gasteiger partial charge on any atom is 0.0464 e. The van der Waals surface area contributed by atoms with E-state index in [4.69, 9.17) is 23.2 Å². The molecular weight excluding hydrogens is 357 g/mol. The highest BCUT2D eigenvalue weighted by Crippen LogP contribution is 2.28. The Bertz CT molecular complexity index is 584. The molecule has 0 spiro atoms. The van der Waals surface area contributed by atoms with Crippen molar-refractivity contribution in [3.05, 3.63) is 68.1 Å². The van der Waals surface area contributed by atoms with Crippen LogP contribution in [0.25, 0.3) is 0 Å². The lowest BCUT2D eigenvalue weighted by atomic mass is 10.0. The molecule has 1 unspecified atom stereocenters. The molecule has 0 saturated heterocycles. The zero-order valence-electron chi connectivity index (χ0n) is 11.3. The summed E-state index contributed by atoms with van der Waals surface area (Å²) in [6, 6.07) is 14.3. The van der Waals surface area contributed by atoms with Crippen molar-refractivity contribution < 1.29 is 0 Å². The summed E-state index contributed by atoms with van der Waals surface area (Å²) in [7, 11) is 0. The summed E-state index contributed by atoms with van der Waals surface area (Å²) in [5.74, 6) is 0. The summed E-state index contributed by atoms with van der Waals surface area (Å²) >= 11 is 15.6. The predicted octanol–water partition coefficient (Wildman–Crippen LogP) is 6.17. The van der Waals surface area contributed by atoms with Crippen LogP contribution < -0.4 is 5.32 Å². The van der Waals surface area contributed by atoms with Gasteiger partial charge in [0, 0.05) is 26.6 Å². The van der Waals surface area contributed by atoms with E-state index in [-0.39, 0.29) is 12.1 Å². The largest absolute Gasteiger partial charge is 0.304 e. The maximum absolute atomic E-state index is 6.29. The van der Waals surface area contributed by atoms with Crippen LogP contribution in [0.2, 0.25) is 10.0 Å². The molecule has 4 heteroatoms. The topological polar surface area (TPSA) is 12.0 Å². The van der Waals surface area contributed by atoms with Gasteiger partial charge in [0.25, 0.3) is 0 Å². The molecule has 0 aromatic heterocycles. The molecule has 0 amide bonds. The van der Waals surface area contributed by atoms with Crippen molar-refractivity contribution in [2.45, 2.75) is 25.9 Å². The summed E-state index contributed by atoms with van der Waals surface area (Å²) in [6.07, 6.45) is 0. The maximum atomic E-state index is 6.29. The lowest BCUT2D eigenvalue weighted by Gasteiger charge is -2.21. The summed E-state index contributed by atoms with van der Waals surface area (Å²) < 4.78 is 0.990. The van der Waals surface area contributed by atoms with E-state index in [2.05, 4.69) is 35.1 Å². The third-order valence-corrected chi connectivity index (χ3v) is 4.37. The predicted molar refractivity (Wildman–Crippen MR) is 90.6 cm³/mol. The average molecular weight is 373 g/mol. The van der Waals surface area contributed by atoms with E-state index in [1.165, 1.54) is 5.56 Å². The van der Waals surface area contributed by atoms with E-state index in [9.17, 15) is 0 Å².